The number of hydrogen-bond acceptors (Lipinski definition) is 2. The average molecular weight is 237 g/mol. The van der Waals surface area contributed by atoms with Crippen molar-refractivity contribution in [1.82, 2.24) is 4.90 Å². The molecule has 1 rings (SSSR count). The van der Waals surface area contributed by atoms with Gasteiger partial charge in [0.05, 0.1) is 13.1 Å². The quantitative estimate of drug-likeness (QED) is 0.726. The lowest BCUT2D eigenvalue weighted by molar-refractivity contribution is -0.119. The van der Waals surface area contributed by atoms with Crippen molar-refractivity contribution in [2.45, 2.75) is 6.42 Å². The first-order valence-electron chi connectivity index (χ1n) is 5.10. The molecule has 2 nitrogen and oxygen atoms in total. The molecule has 0 saturated carbocycles. The molecule has 4 heteroatoms. The Hall–Kier alpha value is -1.73. The van der Waals surface area contributed by atoms with E-state index in [9.17, 15) is 13.6 Å². The fraction of sp³-hybridized carbons (Fsp3) is 0.308. The molecule has 0 atom stereocenters. The van der Waals surface area contributed by atoms with Crippen molar-refractivity contribution in [2.24, 2.45) is 0 Å². The second-order valence-electron chi connectivity index (χ2n) is 3.84. The van der Waals surface area contributed by atoms with Crippen molar-refractivity contribution in [3.8, 4) is 12.3 Å². The molecule has 0 aliphatic carbocycles. The van der Waals surface area contributed by atoms with Gasteiger partial charge in [-0.3, -0.25) is 9.69 Å². The molecule has 0 aromatic heterocycles. The molecule has 1 aromatic rings. The van der Waals surface area contributed by atoms with Crippen molar-refractivity contribution in [3.05, 3.63) is 35.4 Å². The number of hydrogen-bond donors (Lipinski definition) is 0. The van der Waals surface area contributed by atoms with E-state index in [2.05, 4.69) is 5.92 Å². The number of carbonyl (C=O) groups excluding carboxylic acids is 1. The minimum absolute atomic E-state index is 0.0755. The molecule has 0 fully saturated rings. The van der Waals surface area contributed by atoms with Crippen LogP contribution < -0.4 is 0 Å². The van der Waals surface area contributed by atoms with Crippen LogP contribution in [0, 0.1) is 24.0 Å². The van der Waals surface area contributed by atoms with Crippen molar-refractivity contribution in [1.29, 1.82) is 0 Å². The van der Waals surface area contributed by atoms with Crippen molar-refractivity contribution >= 4 is 5.78 Å². The van der Waals surface area contributed by atoms with Crippen molar-refractivity contribution < 1.29 is 13.6 Å². The largest absolute Gasteiger partial charge is 0.298 e. The summed E-state index contributed by atoms with van der Waals surface area (Å²) < 4.78 is 25.5. The minimum Gasteiger partial charge on any atom is -0.298 e. The highest BCUT2D eigenvalue weighted by molar-refractivity contribution is 5.82. The van der Waals surface area contributed by atoms with Gasteiger partial charge in [-0.05, 0) is 24.7 Å². The van der Waals surface area contributed by atoms with Crippen LogP contribution in [0.4, 0.5) is 8.78 Å². The third-order valence-electron chi connectivity index (χ3n) is 2.19. The van der Waals surface area contributed by atoms with Gasteiger partial charge in [-0.15, -0.1) is 6.42 Å². The van der Waals surface area contributed by atoms with E-state index >= 15 is 0 Å². The normalized spacial score (nSPS) is 10.3. The Balaban J connectivity index is 2.57. The zero-order valence-corrected chi connectivity index (χ0v) is 9.54. The Morgan fingerprint density at radius 1 is 1.41 bits per heavy atom. The van der Waals surface area contributed by atoms with Gasteiger partial charge >= 0.3 is 0 Å². The number of rotatable bonds is 5. The third-order valence-corrected chi connectivity index (χ3v) is 2.19. The number of terminal acetylenes is 1. The lowest BCUT2D eigenvalue weighted by Gasteiger charge is -2.11. The minimum atomic E-state index is -0.938. The van der Waals surface area contributed by atoms with E-state index in [0.29, 0.717) is 12.1 Å². The highest BCUT2D eigenvalue weighted by Gasteiger charge is 2.09. The molecule has 0 aliphatic rings. The lowest BCUT2D eigenvalue weighted by Crippen LogP contribution is -2.27. The molecule has 0 unspecified atom stereocenters. The molecule has 0 N–H and O–H groups in total. The number of Topliss-reactive ketones (excluding diaryl/α,β-unsaturated/α-hetero) is 1. The number of ketones is 1. The van der Waals surface area contributed by atoms with Gasteiger partial charge < -0.3 is 0 Å². The summed E-state index contributed by atoms with van der Waals surface area (Å²) in [5.74, 6) is 0.479. The van der Waals surface area contributed by atoms with E-state index in [1.165, 1.54) is 6.07 Å². The molecule has 0 heterocycles. The zero-order valence-electron chi connectivity index (χ0n) is 9.54. The fourth-order valence-electron chi connectivity index (χ4n) is 1.45. The third kappa shape index (κ3) is 4.33. The summed E-state index contributed by atoms with van der Waals surface area (Å²) in [6.07, 6.45) is 5.18. The summed E-state index contributed by atoms with van der Waals surface area (Å²) in [7, 11) is 1.73. The monoisotopic (exact) mass is 237 g/mol. The van der Waals surface area contributed by atoms with Gasteiger partial charge in [0.2, 0.25) is 0 Å². The molecule has 0 amide bonds. The Morgan fingerprint density at radius 3 is 2.71 bits per heavy atom. The zero-order chi connectivity index (χ0) is 12.8. The molecule has 0 aliphatic heterocycles. The SMILES string of the molecule is C#CCN(C)CC(=O)Cc1ccc(F)c(F)c1. The first kappa shape index (κ1) is 13.3. The summed E-state index contributed by atoms with van der Waals surface area (Å²) in [6, 6.07) is 3.45. The number of halogens is 2. The summed E-state index contributed by atoms with van der Waals surface area (Å²) >= 11 is 0. The molecular formula is C13H13F2NO. The van der Waals surface area contributed by atoms with E-state index < -0.39 is 11.6 Å². The molecule has 90 valence electrons. The molecule has 0 saturated heterocycles. The van der Waals surface area contributed by atoms with E-state index in [-0.39, 0.29) is 18.7 Å². The Labute approximate surface area is 99.2 Å². The predicted molar refractivity (Wildman–Crippen MR) is 61.4 cm³/mol. The number of likely N-dealkylation sites (N-methyl/N-ethyl adjacent to an activating group) is 1. The van der Waals surface area contributed by atoms with Crippen LogP contribution in [-0.4, -0.2) is 30.8 Å². The van der Waals surface area contributed by atoms with Gasteiger partial charge in [0.1, 0.15) is 0 Å². The van der Waals surface area contributed by atoms with Crippen molar-refractivity contribution in [3.63, 3.8) is 0 Å². The van der Waals surface area contributed by atoms with Crippen LogP contribution in [0.3, 0.4) is 0 Å². The molecular weight excluding hydrogens is 224 g/mol. The number of benzene rings is 1. The molecule has 1 aromatic carbocycles. The lowest BCUT2D eigenvalue weighted by atomic mass is 10.1. The van der Waals surface area contributed by atoms with Crippen LogP contribution in [-0.2, 0) is 11.2 Å². The van der Waals surface area contributed by atoms with E-state index in [1.54, 1.807) is 11.9 Å². The van der Waals surface area contributed by atoms with E-state index in [4.69, 9.17) is 6.42 Å². The predicted octanol–water partition coefficient (Wildman–Crippen LogP) is 1.64. The van der Waals surface area contributed by atoms with E-state index in [0.717, 1.165) is 12.1 Å². The van der Waals surface area contributed by atoms with Crippen molar-refractivity contribution in [2.75, 3.05) is 20.1 Å². The van der Waals surface area contributed by atoms with Gasteiger partial charge in [0, 0.05) is 6.42 Å². The topological polar surface area (TPSA) is 20.3 Å². The van der Waals surface area contributed by atoms with Crippen LogP contribution >= 0.6 is 0 Å². The first-order chi connectivity index (χ1) is 8.02. The Morgan fingerprint density at radius 2 is 2.12 bits per heavy atom. The summed E-state index contributed by atoms with van der Waals surface area (Å²) in [5.41, 5.74) is 0.461. The van der Waals surface area contributed by atoms with Gasteiger partial charge in [0.25, 0.3) is 0 Å². The van der Waals surface area contributed by atoms with Gasteiger partial charge in [-0.2, -0.15) is 0 Å². The van der Waals surface area contributed by atoms with E-state index in [1.807, 2.05) is 0 Å². The van der Waals surface area contributed by atoms with Gasteiger partial charge in [0.15, 0.2) is 17.4 Å². The smallest absolute Gasteiger partial charge is 0.159 e. The van der Waals surface area contributed by atoms with Crippen LogP contribution in [0.5, 0.6) is 0 Å². The molecule has 0 spiro atoms. The Kier molecular flexibility index (Phi) is 4.80. The average Bonchev–Trinajstić information content (AvgIpc) is 2.23. The highest BCUT2D eigenvalue weighted by atomic mass is 19.2. The maximum atomic E-state index is 12.9. The maximum absolute atomic E-state index is 12.9. The van der Waals surface area contributed by atoms with Crippen LogP contribution in [0.2, 0.25) is 0 Å². The van der Waals surface area contributed by atoms with Crippen LogP contribution in [0.1, 0.15) is 5.56 Å². The standard InChI is InChI=1S/C13H13F2NO/c1-3-6-16(2)9-11(17)7-10-4-5-12(14)13(15)8-10/h1,4-5,8H,6-7,9H2,2H3. The first-order valence-corrected chi connectivity index (χ1v) is 5.10. The highest BCUT2D eigenvalue weighted by Crippen LogP contribution is 2.09. The molecule has 0 bridgehead atoms. The summed E-state index contributed by atoms with van der Waals surface area (Å²) in [5, 5.41) is 0. The fourth-order valence-corrected chi connectivity index (χ4v) is 1.45. The van der Waals surface area contributed by atoms with Gasteiger partial charge in [-0.25, -0.2) is 8.78 Å². The van der Waals surface area contributed by atoms with Crippen LogP contribution in [0.25, 0.3) is 0 Å². The summed E-state index contributed by atoms with van der Waals surface area (Å²) in [6.45, 7) is 0.576. The maximum Gasteiger partial charge on any atom is 0.159 e. The molecule has 17 heavy (non-hydrogen) atoms. The number of carbonyl (C=O) groups is 1. The second kappa shape index (κ2) is 6.12. The Bertz CT molecular complexity index is 451. The number of nitrogens with zero attached hydrogens (tertiary/aromatic N) is 1. The molecule has 0 radical (unpaired) electrons. The summed E-state index contributed by atoms with van der Waals surface area (Å²) in [4.78, 5) is 13.3. The van der Waals surface area contributed by atoms with Gasteiger partial charge in [-0.1, -0.05) is 12.0 Å². The second-order valence-corrected chi connectivity index (χ2v) is 3.84. The van der Waals surface area contributed by atoms with Crippen LogP contribution in [0.15, 0.2) is 18.2 Å².